The Labute approximate surface area is 192 Å². The molecule has 1 N–H and O–H groups in total. The van der Waals surface area contributed by atoms with Crippen LogP contribution in [0.5, 0.6) is 0 Å². The van der Waals surface area contributed by atoms with E-state index in [0.717, 1.165) is 34.3 Å². The van der Waals surface area contributed by atoms with Gasteiger partial charge in [-0.3, -0.25) is 4.68 Å². The fourth-order valence-electron chi connectivity index (χ4n) is 4.13. The first kappa shape index (κ1) is 21.9. The largest absolute Gasteiger partial charge is 0.418 e. The summed E-state index contributed by atoms with van der Waals surface area (Å²) in [5.74, 6) is -0.226. The molecule has 0 radical (unpaired) electrons. The molecular formula is C24H20F4N6. The van der Waals surface area contributed by atoms with Gasteiger partial charge in [0, 0.05) is 49.2 Å². The maximum absolute atomic E-state index is 13.4. The summed E-state index contributed by atoms with van der Waals surface area (Å²) in [4.78, 5) is 2.03. The van der Waals surface area contributed by atoms with Gasteiger partial charge in [0.25, 0.3) is 0 Å². The quantitative estimate of drug-likeness (QED) is 0.407. The summed E-state index contributed by atoms with van der Waals surface area (Å²) in [5, 5.41) is 17.9. The number of nitrogens with one attached hydrogen (secondary N) is 1. The number of benzene rings is 2. The second kappa shape index (κ2) is 8.44. The lowest BCUT2D eigenvalue weighted by Gasteiger charge is -2.29. The van der Waals surface area contributed by atoms with E-state index in [1.165, 1.54) is 0 Å². The maximum atomic E-state index is 13.4. The molecule has 1 aliphatic heterocycles. The molecule has 0 amide bonds. The number of fused-ring (bicyclic) bond motifs is 1. The average molecular weight is 468 g/mol. The van der Waals surface area contributed by atoms with Crippen molar-refractivity contribution in [3.8, 4) is 11.4 Å². The van der Waals surface area contributed by atoms with E-state index in [1.54, 1.807) is 10.9 Å². The van der Waals surface area contributed by atoms with Crippen molar-refractivity contribution in [3.05, 3.63) is 77.9 Å². The van der Waals surface area contributed by atoms with Crippen molar-refractivity contribution in [1.29, 1.82) is 0 Å². The maximum Gasteiger partial charge on any atom is 0.418 e. The zero-order valence-electron chi connectivity index (χ0n) is 18.1. The van der Waals surface area contributed by atoms with Gasteiger partial charge in [-0.2, -0.15) is 18.3 Å². The van der Waals surface area contributed by atoms with Crippen molar-refractivity contribution in [3.63, 3.8) is 0 Å². The molecule has 6 nitrogen and oxygen atoms in total. The van der Waals surface area contributed by atoms with E-state index in [4.69, 9.17) is 0 Å². The number of aromatic nitrogens is 4. The van der Waals surface area contributed by atoms with Crippen molar-refractivity contribution in [2.45, 2.75) is 12.6 Å². The molecule has 2 aromatic heterocycles. The zero-order chi connectivity index (χ0) is 23.9. The van der Waals surface area contributed by atoms with Crippen LogP contribution in [0.25, 0.3) is 22.2 Å². The lowest BCUT2D eigenvalue weighted by Crippen LogP contribution is -2.31. The van der Waals surface area contributed by atoms with Gasteiger partial charge in [0.1, 0.15) is 11.5 Å². The van der Waals surface area contributed by atoms with Gasteiger partial charge in [-0.1, -0.05) is 24.3 Å². The fourth-order valence-corrected chi connectivity index (χ4v) is 4.13. The van der Waals surface area contributed by atoms with Gasteiger partial charge >= 0.3 is 6.18 Å². The number of hydrogen-bond donors (Lipinski definition) is 1. The molecule has 174 valence electrons. The Morgan fingerprint density at radius 2 is 1.79 bits per heavy atom. The Morgan fingerprint density at radius 3 is 2.47 bits per heavy atom. The lowest BCUT2D eigenvalue weighted by atomic mass is 10.1. The number of halogens is 4. The van der Waals surface area contributed by atoms with Crippen LogP contribution in [0.1, 0.15) is 12.0 Å². The molecule has 0 bridgehead atoms. The van der Waals surface area contributed by atoms with Crippen LogP contribution in [0.2, 0.25) is 0 Å². The summed E-state index contributed by atoms with van der Waals surface area (Å²) in [7, 11) is 1.84. The van der Waals surface area contributed by atoms with Gasteiger partial charge in [-0.15, -0.1) is 10.2 Å². The number of nitrogens with zero attached hydrogens (tertiary/aromatic N) is 5. The van der Waals surface area contributed by atoms with Crippen molar-refractivity contribution in [2.24, 2.45) is 7.05 Å². The van der Waals surface area contributed by atoms with Gasteiger partial charge in [-0.25, -0.2) is 4.39 Å². The van der Waals surface area contributed by atoms with Crippen LogP contribution < -0.4 is 10.2 Å². The normalized spacial score (nSPS) is 14.4. The number of anilines is 2. The molecule has 10 heteroatoms. The van der Waals surface area contributed by atoms with Crippen molar-refractivity contribution >= 4 is 22.3 Å². The standard InChI is InChI=1S/C24H20F4N6/c1-33-21(8-11-29-33)22-17-4-2-3-5-18(17)23(32-31-22)34-12-9-16(10-13-34)30-20-7-6-15(25)14-19(20)24(26,27)28/h2-9,11,14,30H,10,12-13H2,1H3. The number of rotatable bonds is 4. The van der Waals surface area contributed by atoms with Gasteiger partial charge in [0.2, 0.25) is 0 Å². The van der Waals surface area contributed by atoms with Crippen LogP contribution in [0.4, 0.5) is 29.1 Å². The molecule has 1 aliphatic rings. The molecule has 0 spiro atoms. The highest BCUT2D eigenvalue weighted by atomic mass is 19.4. The highest BCUT2D eigenvalue weighted by molar-refractivity contribution is 5.99. The summed E-state index contributed by atoms with van der Waals surface area (Å²) in [6.07, 6.45) is -0.669. The molecule has 0 unspecified atom stereocenters. The minimum absolute atomic E-state index is 0.167. The Morgan fingerprint density at radius 1 is 1.00 bits per heavy atom. The average Bonchev–Trinajstić information content (AvgIpc) is 3.25. The second-order valence-electron chi connectivity index (χ2n) is 8.00. The zero-order valence-corrected chi connectivity index (χ0v) is 18.1. The summed E-state index contributed by atoms with van der Waals surface area (Å²) in [5.41, 5.74) is 1.01. The topological polar surface area (TPSA) is 58.9 Å². The Balaban J connectivity index is 1.42. The first-order valence-corrected chi connectivity index (χ1v) is 10.6. The monoisotopic (exact) mass is 468 g/mol. The Hall–Kier alpha value is -3.95. The van der Waals surface area contributed by atoms with E-state index in [1.807, 2.05) is 48.4 Å². The number of aryl methyl sites for hydroxylation is 1. The molecule has 4 aromatic rings. The smallest absolute Gasteiger partial charge is 0.359 e. The predicted octanol–water partition coefficient (Wildman–Crippen LogP) is 5.39. The summed E-state index contributed by atoms with van der Waals surface area (Å²) < 4.78 is 55.1. The molecule has 5 rings (SSSR count). The summed E-state index contributed by atoms with van der Waals surface area (Å²) in [6.45, 7) is 0.972. The number of hydrogen-bond acceptors (Lipinski definition) is 5. The van der Waals surface area contributed by atoms with E-state index >= 15 is 0 Å². The van der Waals surface area contributed by atoms with Crippen LogP contribution >= 0.6 is 0 Å². The molecule has 0 aliphatic carbocycles. The van der Waals surface area contributed by atoms with Crippen LogP contribution in [-0.4, -0.2) is 33.1 Å². The first-order chi connectivity index (χ1) is 16.3. The van der Waals surface area contributed by atoms with Gasteiger partial charge in [0.15, 0.2) is 5.82 Å². The highest BCUT2D eigenvalue weighted by Gasteiger charge is 2.34. The predicted molar refractivity (Wildman–Crippen MR) is 122 cm³/mol. The molecule has 0 saturated heterocycles. The molecule has 34 heavy (non-hydrogen) atoms. The van der Waals surface area contributed by atoms with Crippen LogP contribution in [0.3, 0.4) is 0 Å². The lowest BCUT2D eigenvalue weighted by molar-refractivity contribution is -0.137. The van der Waals surface area contributed by atoms with Crippen molar-refractivity contribution in [1.82, 2.24) is 20.0 Å². The second-order valence-corrected chi connectivity index (χ2v) is 8.00. The minimum Gasteiger partial charge on any atom is -0.359 e. The van der Waals surface area contributed by atoms with Crippen molar-refractivity contribution < 1.29 is 17.6 Å². The molecular weight excluding hydrogens is 448 g/mol. The van der Waals surface area contributed by atoms with E-state index in [2.05, 4.69) is 20.6 Å². The Kier molecular flexibility index (Phi) is 5.43. The van der Waals surface area contributed by atoms with Crippen LogP contribution in [-0.2, 0) is 13.2 Å². The van der Waals surface area contributed by atoms with Crippen LogP contribution in [0, 0.1) is 5.82 Å². The molecule has 0 saturated carbocycles. The van der Waals surface area contributed by atoms with Crippen LogP contribution in [0.15, 0.2) is 66.5 Å². The minimum atomic E-state index is -4.66. The first-order valence-electron chi connectivity index (χ1n) is 10.6. The summed E-state index contributed by atoms with van der Waals surface area (Å²) >= 11 is 0. The summed E-state index contributed by atoms with van der Waals surface area (Å²) in [6, 6.07) is 12.3. The van der Waals surface area contributed by atoms with Crippen molar-refractivity contribution in [2.75, 3.05) is 23.3 Å². The Bertz CT molecular complexity index is 1390. The van der Waals surface area contributed by atoms with Gasteiger partial charge < -0.3 is 10.2 Å². The third-order valence-electron chi connectivity index (χ3n) is 5.82. The van der Waals surface area contributed by atoms with E-state index in [0.29, 0.717) is 37.1 Å². The SMILES string of the molecule is Cn1nccc1-c1nnc(N2CC=C(Nc3ccc(F)cc3C(F)(F)F)CC2)c2ccccc12. The third-order valence-corrected chi connectivity index (χ3v) is 5.82. The molecule has 3 heterocycles. The third kappa shape index (κ3) is 4.07. The molecule has 0 atom stereocenters. The molecule has 2 aromatic carbocycles. The van der Waals surface area contributed by atoms with E-state index in [9.17, 15) is 17.6 Å². The van der Waals surface area contributed by atoms with E-state index in [-0.39, 0.29) is 5.69 Å². The molecule has 0 fully saturated rings. The van der Waals surface area contributed by atoms with Gasteiger partial charge in [-0.05, 0) is 30.3 Å². The number of alkyl halides is 3. The van der Waals surface area contributed by atoms with Gasteiger partial charge in [0.05, 0.1) is 16.9 Å². The highest BCUT2D eigenvalue weighted by Crippen LogP contribution is 2.37. The van der Waals surface area contributed by atoms with E-state index < -0.39 is 17.6 Å². The fraction of sp³-hybridized carbons (Fsp3) is 0.208.